The molecule has 1 aliphatic heterocycles. The Hall–Kier alpha value is -3.24. The van der Waals surface area contributed by atoms with E-state index < -0.39 is 0 Å². The zero-order chi connectivity index (χ0) is 22.2. The molecule has 1 fully saturated rings. The van der Waals surface area contributed by atoms with Crippen molar-refractivity contribution in [3.8, 4) is 17.6 Å². The molecule has 0 atom stereocenters. The molecule has 160 valence electrons. The molecule has 1 amide bonds. The van der Waals surface area contributed by atoms with E-state index in [1.165, 1.54) is 0 Å². The first-order valence-corrected chi connectivity index (χ1v) is 10.7. The maximum Gasteiger partial charge on any atom is 0.264 e. The van der Waals surface area contributed by atoms with Crippen LogP contribution in [0.5, 0.6) is 11.5 Å². The zero-order valence-electron chi connectivity index (χ0n) is 17.4. The van der Waals surface area contributed by atoms with Crippen molar-refractivity contribution in [1.82, 2.24) is 4.90 Å². The average molecular weight is 482 g/mol. The molecule has 1 heterocycles. The Morgan fingerprint density at radius 2 is 1.90 bits per heavy atom. The summed E-state index contributed by atoms with van der Waals surface area (Å²) < 4.78 is 11.7. The second kappa shape index (κ2) is 10.7. The highest BCUT2D eigenvalue weighted by Crippen LogP contribution is 2.34. The number of nitriles is 1. The number of nitrogens with zero attached hydrogens (tertiary/aromatic N) is 3. The Balaban J connectivity index is 1.75. The van der Waals surface area contributed by atoms with Gasteiger partial charge in [-0.1, -0.05) is 46.8 Å². The van der Waals surface area contributed by atoms with Gasteiger partial charge in [0.25, 0.3) is 5.91 Å². The van der Waals surface area contributed by atoms with Crippen molar-refractivity contribution >= 4 is 33.6 Å². The van der Waals surface area contributed by atoms with Gasteiger partial charge in [0, 0.05) is 36.3 Å². The summed E-state index contributed by atoms with van der Waals surface area (Å²) in [6.07, 6.45) is 3.22. The Kier molecular flexibility index (Phi) is 7.74. The van der Waals surface area contributed by atoms with Crippen molar-refractivity contribution in [3.63, 3.8) is 0 Å². The normalized spacial score (nSPS) is 14.0. The van der Waals surface area contributed by atoms with Gasteiger partial charge in [0.1, 0.15) is 18.2 Å². The first-order valence-electron chi connectivity index (χ1n) is 9.89. The first kappa shape index (κ1) is 22.4. The molecular weight excluding hydrogens is 458 g/mol. The SMILES string of the molecule is C=CCOc1cc(Br)c(/C=C(/C#N)C(=O)N2CCN(c3ccccc3)CC2)cc1OC. The van der Waals surface area contributed by atoms with E-state index in [1.54, 1.807) is 36.3 Å². The van der Waals surface area contributed by atoms with Crippen LogP contribution in [0.2, 0.25) is 0 Å². The summed E-state index contributed by atoms with van der Waals surface area (Å²) in [5.41, 5.74) is 1.88. The minimum atomic E-state index is -0.270. The Morgan fingerprint density at radius 3 is 2.52 bits per heavy atom. The number of rotatable bonds is 7. The molecule has 0 radical (unpaired) electrons. The number of piperazine rings is 1. The highest BCUT2D eigenvalue weighted by molar-refractivity contribution is 9.10. The van der Waals surface area contributed by atoms with Gasteiger partial charge in [-0.15, -0.1) is 0 Å². The van der Waals surface area contributed by atoms with Crippen molar-refractivity contribution in [2.24, 2.45) is 0 Å². The van der Waals surface area contributed by atoms with E-state index in [2.05, 4.69) is 45.6 Å². The third kappa shape index (κ3) is 5.47. The summed E-state index contributed by atoms with van der Waals surface area (Å²) >= 11 is 3.49. The molecule has 0 N–H and O–H groups in total. The smallest absolute Gasteiger partial charge is 0.264 e. The molecule has 2 aromatic rings. The average Bonchev–Trinajstić information content (AvgIpc) is 2.82. The van der Waals surface area contributed by atoms with Gasteiger partial charge in [-0.05, 0) is 35.9 Å². The minimum absolute atomic E-state index is 0.0793. The molecule has 7 heteroatoms. The molecule has 0 aliphatic carbocycles. The number of benzene rings is 2. The van der Waals surface area contributed by atoms with Crippen molar-refractivity contribution in [3.05, 3.63) is 70.7 Å². The van der Waals surface area contributed by atoms with Gasteiger partial charge in [0.2, 0.25) is 0 Å². The topological polar surface area (TPSA) is 65.8 Å². The number of anilines is 1. The monoisotopic (exact) mass is 481 g/mol. The Labute approximate surface area is 191 Å². The van der Waals surface area contributed by atoms with Gasteiger partial charge in [0.15, 0.2) is 11.5 Å². The second-order valence-corrected chi connectivity index (χ2v) is 7.76. The van der Waals surface area contributed by atoms with Gasteiger partial charge in [-0.25, -0.2) is 0 Å². The van der Waals surface area contributed by atoms with Gasteiger partial charge in [-0.3, -0.25) is 4.79 Å². The standard InChI is InChI=1S/C24H24BrN3O3/c1-3-13-31-23-16-21(25)18(15-22(23)30-2)14-19(17-26)24(29)28-11-9-27(10-12-28)20-7-5-4-6-8-20/h3-8,14-16H,1,9-13H2,2H3/b19-14-. The largest absolute Gasteiger partial charge is 0.493 e. The number of amides is 1. The lowest BCUT2D eigenvalue weighted by molar-refractivity contribution is -0.126. The van der Waals surface area contributed by atoms with Gasteiger partial charge in [-0.2, -0.15) is 5.26 Å². The predicted molar refractivity (Wildman–Crippen MR) is 125 cm³/mol. The number of para-hydroxylation sites is 1. The number of halogens is 1. The summed E-state index contributed by atoms with van der Waals surface area (Å²) in [5.74, 6) is 0.791. The third-order valence-electron chi connectivity index (χ3n) is 4.98. The molecule has 0 bridgehead atoms. The number of hydrogen-bond donors (Lipinski definition) is 0. The van der Waals surface area contributed by atoms with E-state index in [0.29, 0.717) is 41.2 Å². The van der Waals surface area contributed by atoms with Crippen LogP contribution in [0.1, 0.15) is 5.56 Å². The number of carbonyl (C=O) groups is 1. The molecule has 0 aromatic heterocycles. The summed E-state index contributed by atoms with van der Waals surface area (Å²) in [6.45, 7) is 6.55. The number of hydrogen-bond acceptors (Lipinski definition) is 5. The van der Waals surface area contributed by atoms with Crippen molar-refractivity contribution in [1.29, 1.82) is 5.26 Å². The third-order valence-corrected chi connectivity index (χ3v) is 5.67. The van der Waals surface area contributed by atoms with Crippen LogP contribution in [-0.2, 0) is 4.79 Å². The minimum Gasteiger partial charge on any atom is -0.493 e. The van der Waals surface area contributed by atoms with E-state index in [1.807, 2.05) is 18.2 Å². The summed E-state index contributed by atoms with van der Waals surface area (Å²) in [5, 5.41) is 9.65. The molecule has 2 aromatic carbocycles. The highest BCUT2D eigenvalue weighted by atomic mass is 79.9. The lowest BCUT2D eigenvalue weighted by atomic mass is 10.1. The Morgan fingerprint density at radius 1 is 1.19 bits per heavy atom. The fourth-order valence-electron chi connectivity index (χ4n) is 3.36. The van der Waals surface area contributed by atoms with E-state index in [4.69, 9.17) is 9.47 Å². The van der Waals surface area contributed by atoms with Crippen LogP contribution in [0.25, 0.3) is 6.08 Å². The molecule has 6 nitrogen and oxygen atoms in total. The van der Waals surface area contributed by atoms with E-state index in [0.717, 1.165) is 18.8 Å². The predicted octanol–water partition coefficient (Wildman–Crippen LogP) is 4.28. The second-order valence-electron chi connectivity index (χ2n) is 6.91. The van der Waals surface area contributed by atoms with Crippen molar-refractivity contribution in [2.75, 3.05) is 44.8 Å². The van der Waals surface area contributed by atoms with Crippen molar-refractivity contribution in [2.45, 2.75) is 0 Å². The molecule has 1 saturated heterocycles. The van der Waals surface area contributed by atoms with Crippen LogP contribution in [0.4, 0.5) is 5.69 Å². The van der Waals surface area contributed by atoms with Gasteiger partial charge in [0.05, 0.1) is 7.11 Å². The van der Waals surface area contributed by atoms with Gasteiger partial charge < -0.3 is 19.3 Å². The fourth-order valence-corrected chi connectivity index (χ4v) is 3.79. The highest BCUT2D eigenvalue weighted by Gasteiger charge is 2.24. The Bertz CT molecular complexity index is 1010. The molecule has 3 rings (SSSR count). The van der Waals surface area contributed by atoms with Crippen LogP contribution in [0, 0.1) is 11.3 Å². The lowest BCUT2D eigenvalue weighted by Gasteiger charge is -2.36. The van der Waals surface area contributed by atoms with Gasteiger partial charge >= 0.3 is 0 Å². The zero-order valence-corrected chi connectivity index (χ0v) is 19.0. The van der Waals surface area contributed by atoms with Crippen LogP contribution in [0.15, 0.2) is 65.2 Å². The molecule has 0 saturated carbocycles. The van der Waals surface area contributed by atoms with E-state index in [-0.39, 0.29) is 11.5 Å². The maximum absolute atomic E-state index is 13.0. The molecule has 1 aliphatic rings. The lowest BCUT2D eigenvalue weighted by Crippen LogP contribution is -2.49. The number of ether oxygens (including phenoxy) is 2. The maximum atomic E-state index is 13.0. The molecule has 0 unspecified atom stereocenters. The van der Waals surface area contributed by atoms with Crippen LogP contribution in [0.3, 0.4) is 0 Å². The van der Waals surface area contributed by atoms with Crippen LogP contribution < -0.4 is 14.4 Å². The van der Waals surface area contributed by atoms with Crippen molar-refractivity contribution < 1.29 is 14.3 Å². The first-order chi connectivity index (χ1) is 15.1. The summed E-state index contributed by atoms with van der Waals surface area (Å²) in [4.78, 5) is 16.9. The number of methoxy groups -OCH3 is 1. The molecule has 31 heavy (non-hydrogen) atoms. The van der Waals surface area contributed by atoms with E-state index in [9.17, 15) is 10.1 Å². The fraction of sp³-hybridized carbons (Fsp3) is 0.250. The quantitative estimate of drug-likeness (QED) is 0.335. The summed E-state index contributed by atoms with van der Waals surface area (Å²) in [6, 6.07) is 15.7. The van der Waals surface area contributed by atoms with Crippen LogP contribution >= 0.6 is 15.9 Å². The van der Waals surface area contributed by atoms with Crippen LogP contribution in [-0.4, -0.2) is 50.7 Å². The number of carbonyl (C=O) groups excluding carboxylic acids is 1. The molecule has 0 spiro atoms. The van der Waals surface area contributed by atoms with E-state index >= 15 is 0 Å². The summed E-state index contributed by atoms with van der Waals surface area (Å²) in [7, 11) is 1.54. The molecular formula is C24H24BrN3O3.